The zero-order valence-corrected chi connectivity index (χ0v) is 11.0. The van der Waals surface area contributed by atoms with E-state index in [1.807, 2.05) is 13.0 Å². The molecule has 0 aliphatic carbocycles. The largest absolute Gasteiger partial charge is 0.294 e. The van der Waals surface area contributed by atoms with Crippen LogP contribution in [0.5, 0.6) is 0 Å². The molecule has 1 rings (SSSR count). The Hall–Kier alpha value is -0.800. The summed E-state index contributed by atoms with van der Waals surface area (Å²) in [4.78, 5) is 6.86. The summed E-state index contributed by atoms with van der Waals surface area (Å²) in [5.74, 6) is 0.806. The average molecular weight is 236 g/mol. The first kappa shape index (κ1) is 13.3. The molecule has 2 nitrogen and oxygen atoms in total. The maximum Gasteiger partial charge on any atom is 0.0547 e. The summed E-state index contributed by atoms with van der Waals surface area (Å²) in [5.41, 5.74) is 2.22. The standard InChI is InChI=1S/C13H20N2S/c1-3-15(9-4-5-10-16)11-13-8-6-7-12(2)14-13/h4-8,16H,3,9-11H2,1-2H3. The van der Waals surface area contributed by atoms with E-state index in [4.69, 9.17) is 0 Å². The molecule has 0 bridgehead atoms. The Kier molecular flexibility index (Phi) is 6.19. The Morgan fingerprint density at radius 1 is 1.38 bits per heavy atom. The minimum atomic E-state index is 0.806. The van der Waals surface area contributed by atoms with Gasteiger partial charge in [-0.3, -0.25) is 9.88 Å². The van der Waals surface area contributed by atoms with Crippen molar-refractivity contribution in [2.75, 3.05) is 18.8 Å². The fourth-order valence-corrected chi connectivity index (χ4v) is 1.67. The molecule has 1 heterocycles. The van der Waals surface area contributed by atoms with E-state index in [1.165, 1.54) is 0 Å². The van der Waals surface area contributed by atoms with Gasteiger partial charge in [0.1, 0.15) is 0 Å². The molecule has 3 heteroatoms. The van der Waals surface area contributed by atoms with E-state index < -0.39 is 0 Å². The second-order valence-electron chi connectivity index (χ2n) is 3.75. The van der Waals surface area contributed by atoms with Gasteiger partial charge in [-0.1, -0.05) is 25.1 Å². The van der Waals surface area contributed by atoms with E-state index in [9.17, 15) is 0 Å². The van der Waals surface area contributed by atoms with Crippen molar-refractivity contribution in [1.82, 2.24) is 9.88 Å². The van der Waals surface area contributed by atoms with Crippen molar-refractivity contribution in [3.63, 3.8) is 0 Å². The monoisotopic (exact) mass is 236 g/mol. The maximum atomic E-state index is 4.51. The van der Waals surface area contributed by atoms with Gasteiger partial charge in [-0.05, 0) is 25.6 Å². The number of aromatic nitrogens is 1. The third kappa shape index (κ3) is 4.81. The first-order valence-electron chi connectivity index (χ1n) is 5.67. The minimum absolute atomic E-state index is 0.806. The fourth-order valence-electron chi connectivity index (χ4n) is 1.52. The first-order valence-corrected chi connectivity index (χ1v) is 6.30. The van der Waals surface area contributed by atoms with Crippen LogP contribution in [0, 0.1) is 6.92 Å². The normalized spacial score (nSPS) is 11.5. The van der Waals surface area contributed by atoms with Crippen LogP contribution in [0.15, 0.2) is 30.4 Å². The first-order chi connectivity index (χ1) is 7.76. The molecule has 1 aromatic heterocycles. The molecule has 0 saturated heterocycles. The number of pyridine rings is 1. The van der Waals surface area contributed by atoms with Crippen LogP contribution in [-0.4, -0.2) is 28.7 Å². The molecule has 0 N–H and O–H groups in total. The van der Waals surface area contributed by atoms with E-state index >= 15 is 0 Å². The van der Waals surface area contributed by atoms with Gasteiger partial charge in [0.2, 0.25) is 0 Å². The zero-order valence-electron chi connectivity index (χ0n) is 10.1. The molecule has 0 aliphatic rings. The van der Waals surface area contributed by atoms with Gasteiger partial charge in [-0.15, -0.1) is 0 Å². The van der Waals surface area contributed by atoms with Gasteiger partial charge in [0.15, 0.2) is 0 Å². The third-order valence-corrected chi connectivity index (χ3v) is 2.63. The molecule has 0 radical (unpaired) electrons. The molecule has 0 spiro atoms. The summed E-state index contributed by atoms with van der Waals surface area (Å²) in [6.45, 7) is 7.11. The third-order valence-electron chi connectivity index (χ3n) is 2.41. The molecule has 0 unspecified atom stereocenters. The zero-order chi connectivity index (χ0) is 11.8. The highest BCUT2D eigenvalue weighted by molar-refractivity contribution is 7.80. The molecule has 0 atom stereocenters. The van der Waals surface area contributed by atoms with E-state index in [1.54, 1.807) is 0 Å². The molecular weight excluding hydrogens is 216 g/mol. The highest BCUT2D eigenvalue weighted by Crippen LogP contribution is 2.03. The number of likely N-dealkylation sites (N-methyl/N-ethyl adjacent to an activating group) is 1. The second-order valence-corrected chi connectivity index (χ2v) is 4.12. The molecular formula is C13H20N2S. The number of thiol groups is 1. The van der Waals surface area contributed by atoms with Crippen LogP contribution in [0.1, 0.15) is 18.3 Å². The number of aryl methyl sites for hydroxylation is 1. The molecule has 0 aliphatic heterocycles. The summed E-state index contributed by atoms with van der Waals surface area (Å²) in [5, 5.41) is 0. The van der Waals surface area contributed by atoms with Gasteiger partial charge in [0.25, 0.3) is 0 Å². The number of hydrogen-bond donors (Lipinski definition) is 1. The highest BCUT2D eigenvalue weighted by atomic mass is 32.1. The van der Waals surface area contributed by atoms with Crippen molar-refractivity contribution in [2.24, 2.45) is 0 Å². The van der Waals surface area contributed by atoms with Crippen molar-refractivity contribution in [1.29, 1.82) is 0 Å². The van der Waals surface area contributed by atoms with Crippen LogP contribution >= 0.6 is 12.6 Å². The number of nitrogens with zero attached hydrogens (tertiary/aromatic N) is 2. The van der Waals surface area contributed by atoms with Gasteiger partial charge >= 0.3 is 0 Å². The Bertz CT molecular complexity index is 336. The van der Waals surface area contributed by atoms with Crippen LogP contribution in [0.3, 0.4) is 0 Å². The van der Waals surface area contributed by atoms with E-state index in [2.05, 4.69) is 53.7 Å². The van der Waals surface area contributed by atoms with Gasteiger partial charge in [0, 0.05) is 24.5 Å². The van der Waals surface area contributed by atoms with E-state index in [-0.39, 0.29) is 0 Å². The van der Waals surface area contributed by atoms with Crippen molar-refractivity contribution < 1.29 is 0 Å². The maximum absolute atomic E-state index is 4.51. The molecule has 0 aromatic carbocycles. The summed E-state index contributed by atoms with van der Waals surface area (Å²) in [7, 11) is 0. The van der Waals surface area contributed by atoms with Gasteiger partial charge in [0.05, 0.1) is 5.69 Å². The molecule has 88 valence electrons. The number of hydrogen-bond acceptors (Lipinski definition) is 3. The highest BCUT2D eigenvalue weighted by Gasteiger charge is 2.02. The van der Waals surface area contributed by atoms with Crippen molar-refractivity contribution >= 4 is 12.6 Å². The SMILES string of the molecule is CCN(CC=CCS)Cc1cccc(C)n1. The van der Waals surface area contributed by atoms with E-state index in [0.717, 1.165) is 36.8 Å². The minimum Gasteiger partial charge on any atom is -0.294 e. The van der Waals surface area contributed by atoms with Crippen molar-refractivity contribution in [3.8, 4) is 0 Å². The van der Waals surface area contributed by atoms with Crippen molar-refractivity contribution in [3.05, 3.63) is 41.7 Å². The lowest BCUT2D eigenvalue weighted by molar-refractivity contribution is 0.307. The Balaban J connectivity index is 2.52. The van der Waals surface area contributed by atoms with Gasteiger partial charge in [-0.25, -0.2) is 0 Å². The Morgan fingerprint density at radius 2 is 2.19 bits per heavy atom. The van der Waals surface area contributed by atoms with Crippen LogP contribution < -0.4 is 0 Å². The topological polar surface area (TPSA) is 16.1 Å². The average Bonchev–Trinajstić information content (AvgIpc) is 2.28. The predicted molar refractivity (Wildman–Crippen MR) is 72.9 cm³/mol. The molecule has 1 aromatic rings. The quantitative estimate of drug-likeness (QED) is 0.604. The fraction of sp³-hybridized carbons (Fsp3) is 0.462. The molecule has 0 fully saturated rings. The van der Waals surface area contributed by atoms with Crippen molar-refractivity contribution in [2.45, 2.75) is 20.4 Å². The van der Waals surface area contributed by atoms with Crippen LogP contribution in [0.4, 0.5) is 0 Å². The summed E-state index contributed by atoms with van der Waals surface area (Å²) in [6, 6.07) is 6.17. The van der Waals surface area contributed by atoms with Gasteiger partial charge in [-0.2, -0.15) is 12.6 Å². The summed E-state index contributed by atoms with van der Waals surface area (Å²) < 4.78 is 0. The molecule has 16 heavy (non-hydrogen) atoms. The molecule has 0 saturated carbocycles. The summed E-state index contributed by atoms with van der Waals surface area (Å²) >= 11 is 4.15. The van der Waals surface area contributed by atoms with Crippen LogP contribution in [0.25, 0.3) is 0 Å². The second kappa shape index (κ2) is 7.47. The predicted octanol–water partition coefficient (Wildman–Crippen LogP) is 2.70. The lowest BCUT2D eigenvalue weighted by Gasteiger charge is -2.17. The lowest BCUT2D eigenvalue weighted by atomic mass is 10.3. The Labute approximate surface area is 104 Å². The summed E-state index contributed by atoms with van der Waals surface area (Å²) in [6.07, 6.45) is 4.24. The molecule has 0 amide bonds. The lowest BCUT2D eigenvalue weighted by Crippen LogP contribution is -2.23. The van der Waals surface area contributed by atoms with Crippen LogP contribution in [-0.2, 0) is 6.54 Å². The van der Waals surface area contributed by atoms with Crippen LogP contribution in [0.2, 0.25) is 0 Å². The van der Waals surface area contributed by atoms with Gasteiger partial charge < -0.3 is 0 Å². The van der Waals surface area contributed by atoms with E-state index in [0.29, 0.717) is 0 Å². The smallest absolute Gasteiger partial charge is 0.0547 e. The number of rotatable bonds is 6. The Morgan fingerprint density at radius 3 is 2.81 bits per heavy atom.